The zero-order valence-electron chi connectivity index (χ0n) is 11.9. The highest BCUT2D eigenvalue weighted by Gasteiger charge is 2.40. The standard InChI is InChI=1S/C16H22FNOS/c1-12(14-4-2-3-5-15(14)17)18-13-6-8-19-16(10-13)7-9-20-11-16/h2-5,12-13,18H,6-11H2,1H3. The Hall–Kier alpha value is -0.580. The van der Waals surface area contributed by atoms with E-state index in [2.05, 4.69) is 5.32 Å². The largest absolute Gasteiger partial charge is 0.374 e. The molecule has 1 N–H and O–H groups in total. The maximum absolute atomic E-state index is 13.8. The Morgan fingerprint density at radius 1 is 1.45 bits per heavy atom. The summed E-state index contributed by atoms with van der Waals surface area (Å²) < 4.78 is 19.9. The fourth-order valence-corrected chi connectivity index (χ4v) is 4.68. The average molecular weight is 295 g/mol. The normalized spacial score (nSPS) is 31.6. The Kier molecular flexibility index (Phi) is 4.34. The molecule has 0 bridgehead atoms. The molecule has 0 amide bonds. The van der Waals surface area contributed by atoms with Gasteiger partial charge in [-0.05, 0) is 38.0 Å². The molecular weight excluding hydrogens is 273 g/mol. The van der Waals surface area contributed by atoms with Gasteiger partial charge in [0.15, 0.2) is 0 Å². The molecule has 1 spiro atoms. The quantitative estimate of drug-likeness (QED) is 0.922. The second-order valence-electron chi connectivity index (χ2n) is 5.93. The summed E-state index contributed by atoms with van der Waals surface area (Å²) in [7, 11) is 0. The molecule has 2 saturated heterocycles. The highest BCUT2D eigenvalue weighted by molar-refractivity contribution is 7.99. The topological polar surface area (TPSA) is 21.3 Å². The number of halogens is 1. The van der Waals surface area contributed by atoms with Crippen molar-refractivity contribution in [3.8, 4) is 0 Å². The molecule has 2 aliphatic heterocycles. The van der Waals surface area contributed by atoms with Crippen LogP contribution in [0.2, 0.25) is 0 Å². The molecule has 2 fully saturated rings. The molecule has 3 atom stereocenters. The van der Waals surface area contributed by atoms with Gasteiger partial charge >= 0.3 is 0 Å². The lowest BCUT2D eigenvalue weighted by molar-refractivity contribution is -0.0712. The van der Waals surface area contributed by atoms with Crippen molar-refractivity contribution >= 4 is 11.8 Å². The highest BCUT2D eigenvalue weighted by atomic mass is 32.2. The number of nitrogens with one attached hydrogen (secondary N) is 1. The summed E-state index contributed by atoms with van der Waals surface area (Å²) in [6.07, 6.45) is 3.23. The fourth-order valence-electron chi connectivity index (χ4n) is 3.30. The molecule has 110 valence electrons. The van der Waals surface area contributed by atoms with Crippen molar-refractivity contribution in [3.63, 3.8) is 0 Å². The van der Waals surface area contributed by atoms with Gasteiger partial charge in [0.25, 0.3) is 0 Å². The van der Waals surface area contributed by atoms with Gasteiger partial charge in [-0.2, -0.15) is 11.8 Å². The van der Waals surface area contributed by atoms with E-state index in [4.69, 9.17) is 4.74 Å². The lowest BCUT2D eigenvalue weighted by atomic mass is 9.89. The van der Waals surface area contributed by atoms with E-state index in [1.165, 1.54) is 11.8 Å². The van der Waals surface area contributed by atoms with E-state index >= 15 is 0 Å². The zero-order chi connectivity index (χ0) is 14.0. The first-order chi connectivity index (χ1) is 9.69. The second kappa shape index (κ2) is 6.04. The number of hydrogen-bond acceptors (Lipinski definition) is 3. The Bertz CT molecular complexity index is 462. The number of hydrogen-bond donors (Lipinski definition) is 1. The number of rotatable bonds is 3. The van der Waals surface area contributed by atoms with Crippen molar-refractivity contribution < 1.29 is 9.13 Å². The van der Waals surface area contributed by atoms with Crippen molar-refractivity contribution in [2.24, 2.45) is 0 Å². The van der Waals surface area contributed by atoms with E-state index in [1.54, 1.807) is 6.07 Å². The van der Waals surface area contributed by atoms with Gasteiger partial charge in [0.1, 0.15) is 5.82 Å². The lowest BCUT2D eigenvalue weighted by Gasteiger charge is -2.39. The van der Waals surface area contributed by atoms with Crippen LogP contribution in [0.4, 0.5) is 4.39 Å². The Balaban J connectivity index is 1.64. The second-order valence-corrected chi connectivity index (χ2v) is 7.04. The van der Waals surface area contributed by atoms with Gasteiger partial charge in [0.05, 0.1) is 5.60 Å². The molecule has 3 unspecified atom stereocenters. The smallest absolute Gasteiger partial charge is 0.127 e. The van der Waals surface area contributed by atoms with E-state index < -0.39 is 0 Å². The van der Waals surface area contributed by atoms with Crippen molar-refractivity contribution in [1.82, 2.24) is 5.32 Å². The number of ether oxygens (including phenoxy) is 1. The van der Waals surface area contributed by atoms with Gasteiger partial charge in [-0.1, -0.05) is 18.2 Å². The van der Waals surface area contributed by atoms with E-state index in [-0.39, 0.29) is 17.5 Å². The fraction of sp³-hybridized carbons (Fsp3) is 0.625. The molecule has 20 heavy (non-hydrogen) atoms. The first-order valence-corrected chi connectivity index (χ1v) is 8.56. The lowest BCUT2D eigenvalue weighted by Crippen LogP contribution is -2.47. The van der Waals surface area contributed by atoms with Crippen LogP contribution in [0.25, 0.3) is 0 Å². The minimum Gasteiger partial charge on any atom is -0.374 e. The van der Waals surface area contributed by atoms with Gasteiger partial charge < -0.3 is 10.1 Å². The van der Waals surface area contributed by atoms with Crippen LogP contribution in [0.3, 0.4) is 0 Å². The Morgan fingerprint density at radius 2 is 2.30 bits per heavy atom. The number of thioether (sulfide) groups is 1. The van der Waals surface area contributed by atoms with Crippen LogP contribution < -0.4 is 5.32 Å². The molecule has 1 aromatic rings. The maximum Gasteiger partial charge on any atom is 0.127 e. The minimum atomic E-state index is -0.120. The van der Waals surface area contributed by atoms with Crippen LogP contribution >= 0.6 is 11.8 Å². The van der Waals surface area contributed by atoms with E-state index in [9.17, 15) is 4.39 Å². The van der Waals surface area contributed by atoms with Gasteiger partial charge in [0, 0.05) is 30.0 Å². The van der Waals surface area contributed by atoms with Crippen LogP contribution in [-0.2, 0) is 4.74 Å². The summed E-state index contributed by atoms with van der Waals surface area (Å²) in [6.45, 7) is 2.87. The summed E-state index contributed by atoms with van der Waals surface area (Å²) in [5, 5.41) is 3.60. The summed E-state index contributed by atoms with van der Waals surface area (Å²) in [5.41, 5.74) is 0.837. The van der Waals surface area contributed by atoms with Crippen LogP contribution in [0.15, 0.2) is 24.3 Å². The zero-order valence-corrected chi connectivity index (χ0v) is 12.7. The maximum atomic E-state index is 13.8. The Morgan fingerprint density at radius 3 is 3.05 bits per heavy atom. The van der Waals surface area contributed by atoms with Crippen LogP contribution in [0, 0.1) is 5.82 Å². The average Bonchev–Trinajstić information content (AvgIpc) is 2.87. The first-order valence-electron chi connectivity index (χ1n) is 7.41. The van der Waals surface area contributed by atoms with Crippen molar-refractivity contribution in [3.05, 3.63) is 35.6 Å². The van der Waals surface area contributed by atoms with E-state index in [0.717, 1.165) is 37.2 Å². The molecule has 0 aromatic heterocycles. The van der Waals surface area contributed by atoms with Crippen LogP contribution in [0.5, 0.6) is 0 Å². The molecule has 3 rings (SSSR count). The minimum absolute atomic E-state index is 0.0467. The number of benzene rings is 1. The molecule has 2 heterocycles. The van der Waals surface area contributed by atoms with Gasteiger partial charge in [0.2, 0.25) is 0 Å². The summed E-state index contributed by atoms with van der Waals surface area (Å²) in [6, 6.07) is 7.52. The molecule has 0 radical (unpaired) electrons. The monoisotopic (exact) mass is 295 g/mol. The predicted molar refractivity (Wildman–Crippen MR) is 81.6 cm³/mol. The molecule has 2 nitrogen and oxygen atoms in total. The van der Waals surface area contributed by atoms with Gasteiger partial charge in [-0.25, -0.2) is 4.39 Å². The third-order valence-electron chi connectivity index (χ3n) is 4.42. The summed E-state index contributed by atoms with van der Waals surface area (Å²) >= 11 is 1.99. The molecule has 1 aromatic carbocycles. The SMILES string of the molecule is CC(NC1CCOC2(CCSC2)C1)c1ccccc1F. The van der Waals surface area contributed by atoms with Gasteiger partial charge in [-0.15, -0.1) is 0 Å². The van der Waals surface area contributed by atoms with E-state index in [0.29, 0.717) is 6.04 Å². The molecule has 0 aliphatic carbocycles. The third kappa shape index (κ3) is 3.02. The van der Waals surface area contributed by atoms with Gasteiger partial charge in [-0.3, -0.25) is 0 Å². The third-order valence-corrected chi connectivity index (χ3v) is 5.64. The Labute approximate surface area is 124 Å². The van der Waals surface area contributed by atoms with Crippen molar-refractivity contribution in [2.75, 3.05) is 18.1 Å². The first kappa shape index (κ1) is 14.4. The highest BCUT2D eigenvalue weighted by Crippen LogP contribution is 2.38. The van der Waals surface area contributed by atoms with E-state index in [1.807, 2.05) is 30.8 Å². The molecule has 0 saturated carbocycles. The summed E-state index contributed by atoms with van der Waals surface area (Å²) in [4.78, 5) is 0. The van der Waals surface area contributed by atoms with Crippen molar-refractivity contribution in [1.29, 1.82) is 0 Å². The molecular formula is C16H22FNOS. The van der Waals surface area contributed by atoms with Crippen LogP contribution in [-0.4, -0.2) is 29.8 Å². The molecule has 2 aliphatic rings. The van der Waals surface area contributed by atoms with Crippen molar-refractivity contribution in [2.45, 2.75) is 43.9 Å². The molecule has 4 heteroatoms. The van der Waals surface area contributed by atoms with Crippen LogP contribution in [0.1, 0.15) is 37.8 Å². The predicted octanol–water partition coefficient (Wildman–Crippen LogP) is 3.53. The summed E-state index contributed by atoms with van der Waals surface area (Å²) in [5.74, 6) is 2.19.